The summed E-state index contributed by atoms with van der Waals surface area (Å²) in [6.07, 6.45) is -4.77. The van der Waals surface area contributed by atoms with Gasteiger partial charge in [0.2, 0.25) is 0 Å². The molecule has 5 nitrogen and oxygen atoms in total. The number of carboxylic acids is 1. The van der Waals surface area contributed by atoms with Crippen LogP contribution < -0.4 is 39.2 Å². The van der Waals surface area contributed by atoms with Gasteiger partial charge in [0, 0.05) is 10.7 Å². The predicted octanol–water partition coefficient (Wildman–Crippen LogP) is 2.64. The van der Waals surface area contributed by atoms with Crippen LogP contribution in [0.15, 0.2) is 72.8 Å². The number of anilines is 1. The normalized spacial score (nSPS) is 10.8. The molecule has 0 bridgehead atoms. The maximum Gasteiger partial charge on any atom is 1.00 e. The molecule has 3 aromatic carbocycles. The first-order valence-corrected chi connectivity index (χ1v) is 9.26. The van der Waals surface area contributed by atoms with E-state index in [2.05, 4.69) is 4.74 Å². The SMILES string of the molecule is O=C(O)C(=O)N(Cc1ccc(Cl)cc1)c1ccc(-c2ccc(OC(F)(F)F)cc2)cc1.[H-].[Na+]. The monoisotopic (exact) mass is 473 g/mol. The van der Waals surface area contributed by atoms with E-state index in [9.17, 15) is 27.9 Å². The molecule has 0 aliphatic heterocycles. The number of carboxylic acid groups (broad SMARTS) is 1. The van der Waals surface area contributed by atoms with Crippen molar-refractivity contribution in [2.45, 2.75) is 12.9 Å². The molecule has 0 aliphatic carbocycles. The first kappa shape index (κ1) is 25.7. The Hall–Kier alpha value is -2.52. The second-order valence-corrected chi connectivity index (χ2v) is 6.88. The molecular weight excluding hydrogens is 458 g/mol. The summed E-state index contributed by atoms with van der Waals surface area (Å²) in [4.78, 5) is 24.6. The smallest absolute Gasteiger partial charge is 1.00 e. The largest absolute Gasteiger partial charge is 1.00 e. The summed E-state index contributed by atoms with van der Waals surface area (Å²) < 4.78 is 40.7. The van der Waals surface area contributed by atoms with Crippen molar-refractivity contribution in [1.82, 2.24) is 0 Å². The molecule has 0 radical (unpaired) electrons. The van der Waals surface area contributed by atoms with Crippen molar-refractivity contribution in [2.75, 3.05) is 4.90 Å². The molecule has 0 saturated carbocycles. The van der Waals surface area contributed by atoms with E-state index in [0.717, 1.165) is 4.90 Å². The standard InChI is InChI=1S/C22H15ClF3NO4.Na.H/c23-17-7-1-14(2-8-17)13-27(20(28)21(29)30)18-9-3-15(4-10-18)16-5-11-19(12-6-16)31-22(24,25)26;;/h1-12H,13H2,(H,29,30);;/q;+1;-1. The van der Waals surface area contributed by atoms with Gasteiger partial charge < -0.3 is 11.3 Å². The predicted molar refractivity (Wildman–Crippen MR) is 110 cm³/mol. The number of ether oxygens (including phenoxy) is 1. The van der Waals surface area contributed by atoms with E-state index in [1.54, 1.807) is 48.5 Å². The zero-order valence-electron chi connectivity index (χ0n) is 17.8. The molecule has 0 aromatic heterocycles. The van der Waals surface area contributed by atoms with Gasteiger partial charge in [-0.15, -0.1) is 13.2 Å². The number of nitrogens with zero attached hydrogens (tertiary/aromatic N) is 1. The van der Waals surface area contributed by atoms with Crippen molar-refractivity contribution in [3.8, 4) is 16.9 Å². The average molecular weight is 474 g/mol. The van der Waals surface area contributed by atoms with Crippen molar-refractivity contribution >= 4 is 29.2 Å². The van der Waals surface area contributed by atoms with Crippen LogP contribution in [-0.4, -0.2) is 23.3 Å². The first-order chi connectivity index (χ1) is 14.6. The Kier molecular flexibility index (Phi) is 8.74. The van der Waals surface area contributed by atoms with Gasteiger partial charge in [-0.2, -0.15) is 0 Å². The van der Waals surface area contributed by atoms with Gasteiger partial charge >= 0.3 is 47.8 Å². The third-order valence-corrected chi connectivity index (χ3v) is 4.53. The van der Waals surface area contributed by atoms with Gasteiger partial charge in [-0.3, -0.25) is 9.69 Å². The Labute approximate surface area is 210 Å². The number of rotatable bonds is 5. The summed E-state index contributed by atoms with van der Waals surface area (Å²) in [7, 11) is 0. The molecule has 162 valence electrons. The molecule has 0 unspecified atom stereocenters. The molecular formula is C22H16ClF3NNaO4. The minimum Gasteiger partial charge on any atom is -1.00 e. The third-order valence-electron chi connectivity index (χ3n) is 4.28. The van der Waals surface area contributed by atoms with Crippen LogP contribution in [-0.2, 0) is 16.1 Å². The molecule has 0 aliphatic rings. The van der Waals surface area contributed by atoms with Crippen LogP contribution in [0.2, 0.25) is 5.02 Å². The van der Waals surface area contributed by atoms with E-state index in [-0.39, 0.29) is 43.3 Å². The van der Waals surface area contributed by atoms with Crippen LogP contribution >= 0.6 is 11.6 Å². The maximum atomic E-state index is 12.3. The van der Waals surface area contributed by atoms with Crippen molar-refractivity contribution in [3.63, 3.8) is 0 Å². The first-order valence-electron chi connectivity index (χ1n) is 8.88. The van der Waals surface area contributed by atoms with E-state index in [4.69, 9.17) is 11.6 Å². The van der Waals surface area contributed by atoms with Crippen LogP contribution in [0.3, 0.4) is 0 Å². The number of benzene rings is 3. The fourth-order valence-corrected chi connectivity index (χ4v) is 2.98. The van der Waals surface area contributed by atoms with Crippen molar-refractivity contribution in [2.24, 2.45) is 0 Å². The molecule has 0 atom stereocenters. The molecule has 0 saturated heterocycles. The number of hydrogen-bond acceptors (Lipinski definition) is 3. The average Bonchev–Trinajstić information content (AvgIpc) is 2.72. The maximum absolute atomic E-state index is 12.3. The van der Waals surface area contributed by atoms with Gasteiger partial charge in [-0.1, -0.05) is 48.0 Å². The van der Waals surface area contributed by atoms with Gasteiger partial charge in [0.1, 0.15) is 5.75 Å². The summed E-state index contributed by atoms with van der Waals surface area (Å²) >= 11 is 5.86. The molecule has 3 aromatic rings. The van der Waals surface area contributed by atoms with Crippen molar-refractivity contribution < 1.29 is 63.6 Å². The number of halogens is 4. The number of amides is 1. The van der Waals surface area contributed by atoms with Crippen LogP contribution in [0.1, 0.15) is 6.99 Å². The minimum atomic E-state index is -4.77. The number of aliphatic carboxylic acids is 1. The molecule has 1 N–H and O–H groups in total. The summed E-state index contributed by atoms with van der Waals surface area (Å²) in [5.74, 6) is -3.04. The van der Waals surface area contributed by atoms with Gasteiger partial charge in [0.25, 0.3) is 0 Å². The zero-order chi connectivity index (χ0) is 22.6. The second-order valence-electron chi connectivity index (χ2n) is 6.44. The molecule has 32 heavy (non-hydrogen) atoms. The van der Waals surface area contributed by atoms with Crippen LogP contribution in [0, 0.1) is 0 Å². The number of carbonyl (C=O) groups is 2. The Balaban J connectivity index is 0.00000272. The van der Waals surface area contributed by atoms with Gasteiger partial charge in [0.15, 0.2) is 0 Å². The number of hydrogen-bond donors (Lipinski definition) is 1. The summed E-state index contributed by atoms with van der Waals surface area (Å²) in [6.45, 7) is 0.0190. The minimum absolute atomic E-state index is 0. The van der Waals surface area contributed by atoms with E-state index >= 15 is 0 Å². The molecule has 0 heterocycles. The van der Waals surface area contributed by atoms with Gasteiger partial charge in [0.05, 0.1) is 6.54 Å². The van der Waals surface area contributed by atoms with Crippen LogP contribution in [0.5, 0.6) is 5.75 Å². The van der Waals surface area contributed by atoms with Crippen molar-refractivity contribution in [3.05, 3.63) is 83.4 Å². The van der Waals surface area contributed by atoms with Crippen molar-refractivity contribution in [1.29, 1.82) is 0 Å². The van der Waals surface area contributed by atoms with Crippen LogP contribution in [0.25, 0.3) is 11.1 Å². The van der Waals surface area contributed by atoms with E-state index in [0.29, 0.717) is 27.4 Å². The molecule has 3 rings (SSSR count). The quantitative estimate of drug-likeness (QED) is 0.457. The molecule has 10 heteroatoms. The van der Waals surface area contributed by atoms with E-state index in [1.807, 2.05) is 0 Å². The fraction of sp³-hybridized carbons (Fsp3) is 0.0909. The fourth-order valence-electron chi connectivity index (χ4n) is 2.85. The van der Waals surface area contributed by atoms with E-state index < -0.39 is 18.2 Å². The molecule has 0 spiro atoms. The van der Waals surface area contributed by atoms with Gasteiger partial charge in [-0.05, 0) is 53.1 Å². The second kappa shape index (κ2) is 10.9. The summed E-state index contributed by atoms with van der Waals surface area (Å²) in [6, 6.07) is 18.3. The Bertz CT molecular complexity index is 1080. The summed E-state index contributed by atoms with van der Waals surface area (Å²) in [5, 5.41) is 9.68. The topological polar surface area (TPSA) is 66.8 Å². The van der Waals surface area contributed by atoms with Gasteiger partial charge in [-0.25, -0.2) is 4.79 Å². The van der Waals surface area contributed by atoms with E-state index in [1.165, 1.54) is 24.3 Å². The van der Waals surface area contributed by atoms with Crippen LogP contribution in [0.4, 0.5) is 18.9 Å². The Morgan fingerprint density at radius 2 is 1.41 bits per heavy atom. The Morgan fingerprint density at radius 1 is 0.906 bits per heavy atom. The molecule has 1 amide bonds. The Morgan fingerprint density at radius 3 is 1.88 bits per heavy atom. The third kappa shape index (κ3) is 7.00. The number of carbonyl (C=O) groups excluding carboxylic acids is 1. The summed E-state index contributed by atoms with van der Waals surface area (Å²) in [5.41, 5.74) is 2.32. The number of alkyl halides is 3. The molecule has 0 fully saturated rings. The zero-order valence-corrected chi connectivity index (χ0v) is 19.5.